The Bertz CT molecular complexity index is 157. The largest absolute Gasteiger partial charge is 0.375 e. The number of hydrogen-bond donors (Lipinski definition) is 0. The summed E-state index contributed by atoms with van der Waals surface area (Å²) in [4.78, 5) is 0. The molecule has 109 valence electrons. The zero-order chi connectivity index (χ0) is 13.7. The second-order valence-corrected chi connectivity index (χ2v) is 6.66. The quantitative estimate of drug-likeness (QED) is 0.381. The third-order valence-electron chi connectivity index (χ3n) is 3.06. The Hall–Kier alpha value is -0.0400. The van der Waals surface area contributed by atoms with Crippen LogP contribution >= 0.6 is 0 Å². The molecule has 0 unspecified atom stereocenters. The SMILES string of the molecule is CCCCCCCCCCC[CH]OCC(C)(C)C. The smallest absolute Gasteiger partial charge is 0.0836 e. The average Bonchev–Trinajstić information content (AvgIpc) is 2.29. The topological polar surface area (TPSA) is 9.23 Å². The van der Waals surface area contributed by atoms with Crippen molar-refractivity contribution in [1.82, 2.24) is 0 Å². The zero-order valence-electron chi connectivity index (χ0n) is 13.3. The van der Waals surface area contributed by atoms with Crippen LogP contribution in [0, 0.1) is 12.0 Å². The lowest BCUT2D eigenvalue weighted by Gasteiger charge is -2.17. The normalized spacial score (nSPS) is 12.0. The van der Waals surface area contributed by atoms with Gasteiger partial charge in [-0.25, -0.2) is 0 Å². The van der Waals surface area contributed by atoms with Gasteiger partial charge in [-0.3, -0.25) is 0 Å². The van der Waals surface area contributed by atoms with E-state index >= 15 is 0 Å². The van der Waals surface area contributed by atoms with Gasteiger partial charge in [-0.15, -0.1) is 0 Å². The Morgan fingerprint density at radius 1 is 0.778 bits per heavy atom. The summed E-state index contributed by atoms with van der Waals surface area (Å²) >= 11 is 0. The van der Waals surface area contributed by atoms with Crippen molar-refractivity contribution < 1.29 is 4.74 Å². The minimum absolute atomic E-state index is 0.287. The van der Waals surface area contributed by atoms with E-state index in [0.717, 1.165) is 13.0 Å². The summed E-state index contributed by atoms with van der Waals surface area (Å²) in [5, 5.41) is 0. The number of unbranched alkanes of at least 4 members (excludes halogenated alkanes) is 9. The Balaban J connectivity index is 2.99. The third kappa shape index (κ3) is 16.0. The Labute approximate surface area is 116 Å². The molecule has 0 aliphatic carbocycles. The van der Waals surface area contributed by atoms with Crippen molar-refractivity contribution in [3.8, 4) is 0 Å². The number of rotatable bonds is 12. The second kappa shape index (κ2) is 12.0. The molecule has 0 N–H and O–H groups in total. The van der Waals surface area contributed by atoms with E-state index in [2.05, 4.69) is 27.7 Å². The fourth-order valence-electron chi connectivity index (χ4n) is 1.93. The van der Waals surface area contributed by atoms with E-state index in [4.69, 9.17) is 4.74 Å². The van der Waals surface area contributed by atoms with Gasteiger partial charge in [0.15, 0.2) is 0 Å². The van der Waals surface area contributed by atoms with Crippen molar-refractivity contribution in [3.05, 3.63) is 6.61 Å². The molecule has 0 fully saturated rings. The molecule has 0 bridgehead atoms. The van der Waals surface area contributed by atoms with E-state index in [1.165, 1.54) is 57.8 Å². The van der Waals surface area contributed by atoms with Crippen LogP contribution in [0.2, 0.25) is 0 Å². The molecule has 0 rings (SSSR count). The molecule has 0 spiro atoms. The van der Waals surface area contributed by atoms with Crippen molar-refractivity contribution in [2.24, 2.45) is 5.41 Å². The molecule has 0 aromatic heterocycles. The van der Waals surface area contributed by atoms with Crippen LogP contribution in [0.3, 0.4) is 0 Å². The lowest BCUT2D eigenvalue weighted by atomic mass is 9.99. The standard InChI is InChI=1S/C17H35O/c1-5-6-7-8-9-10-11-12-13-14-15-18-16-17(2,3)4/h15H,5-14,16H2,1-4H3. The average molecular weight is 255 g/mol. The molecule has 0 aromatic rings. The van der Waals surface area contributed by atoms with E-state index in [1.807, 2.05) is 6.61 Å². The van der Waals surface area contributed by atoms with Crippen LogP contribution in [-0.2, 0) is 4.74 Å². The van der Waals surface area contributed by atoms with Crippen LogP contribution in [0.25, 0.3) is 0 Å². The van der Waals surface area contributed by atoms with Crippen LogP contribution in [0.1, 0.15) is 91.9 Å². The van der Waals surface area contributed by atoms with Gasteiger partial charge in [0.25, 0.3) is 0 Å². The second-order valence-electron chi connectivity index (χ2n) is 6.66. The van der Waals surface area contributed by atoms with Crippen molar-refractivity contribution in [1.29, 1.82) is 0 Å². The summed E-state index contributed by atoms with van der Waals surface area (Å²) in [6.07, 6.45) is 13.7. The van der Waals surface area contributed by atoms with Gasteiger partial charge in [0.1, 0.15) is 0 Å². The maximum Gasteiger partial charge on any atom is 0.0836 e. The molecule has 1 heteroatoms. The highest BCUT2D eigenvalue weighted by Crippen LogP contribution is 2.15. The maximum absolute atomic E-state index is 5.55. The molecular weight excluding hydrogens is 220 g/mol. The minimum Gasteiger partial charge on any atom is -0.375 e. The van der Waals surface area contributed by atoms with Crippen LogP contribution < -0.4 is 0 Å². The van der Waals surface area contributed by atoms with E-state index in [0.29, 0.717) is 0 Å². The Morgan fingerprint density at radius 2 is 1.28 bits per heavy atom. The summed E-state index contributed by atoms with van der Waals surface area (Å²) in [6.45, 7) is 11.7. The summed E-state index contributed by atoms with van der Waals surface area (Å²) < 4.78 is 5.55. The van der Waals surface area contributed by atoms with Gasteiger partial charge in [-0.1, -0.05) is 85.5 Å². The minimum atomic E-state index is 0.287. The molecule has 1 radical (unpaired) electrons. The van der Waals surface area contributed by atoms with E-state index in [9.17, 15) is 0 Å². The molecule has 0 aliphatic rings. The molecule has 0 heterocycles. The van der Waals surface area contributed by atoms with Crippen molar-refractivity contribution >= 4 is 0 Å². The first-order valence-electron chi connectivity index (χ1n) is 7.99. The molecular formula is C17H35O. The van der Waals surface area contributed by atoms with Crippen LogP contribution in [0.4, 0.5) is 0 Å². The predicted octanol–water partition coefficient (Wildman–Crippen LogP) is 6.13. The van der Waals surface area contributed by atoms with Gasteiger partial charge in [0, 0.05) is 0 Å². The fourth-order valence-corrected chi connectivity index (χ4v) is 1.93. The van der Waals surface area contributed by atoms with Gasteiger partial charge in [-0.05, 0) is 11.8 Å². The molecule has 1 nitrogen and oxygen atoms in total. The molecule has 0 aromatic carbocycles. The van der Waals surface area contributed by atoms with E-state index < -0.39 is 0 Å². The van der Waals surface area contributed by atoms with Crippen LogP contribution in [0.5, 0.6) is 0 Å². The summed E-state index contributed by atoms with van der Waals surface area (Å²) in [5.74, 6) is 0. The molecule has 0 aliphatic heterocycles. The van der Waals surface area contributed by atoms with Crippen LogP contribution in [-0.4, -0.2) is 6.61 Å². The maximum atomic E-state index is 5.55. The van der Waals surface area contributed by atoms with E-state index in [-0.39, 0.29) is 5.41 Å². The highest BCUT2D eigenvalue weighted by molar-refractivity contribution is 4.61. The van der Waals surface area contributed by atoms with E-state index in [1.54, 1.807) is 0 Å². The molecule has 0 saturated carbocycles. The zero-order valence-corrected chi connectivity index (χ0v) is 13.3. The summed E-state index contributed by atoms with van der Waals surface area (Å²) in [7, 11) is 0. The molecule has 0 atom stereocenters. The van der Waals surface area contributed by atoms with Crippen LogP contribution in [0.15, 0.2) is 0 Å². The van der Waals surface area contributed by atoms with Gasteiger partial charge < -0.3 is 4.74 Å². The van der Waals surface area contributed by atoms with Gasteiger partial charge >= 0.3 is 0 Å². The lowest BCUT2D eigenvalue weighted by molar-refractivity contribution is 0.113. The Morgan fingerprint density at radius 3 is 1.78 bits per heavy atom. The van der Waals surface area contributed by atoms with Crippen molar-refractivity contribution in [2.45, 2.75) is 91.9 Å². The third-order valence-corrected chi connectivity index (χ3v) is 3.06. The summed E-state index contributed by atoms with van der Waals surface area (Å²) in [6, 6.07) is 0. The predicted molar refractivity (Wildman–Crippen MR) is 81.6 cm³/mol. The highest BCUT2D eigenvalue weighted by Gasteiger charge is 2.09. The molecule has 0 saturated heterocycles. The van der Waals surface area contributed by atoms with Crippen molar-refractivity contribution in [3.63, 3.8) is 0 Å². The highest BCUT2D eigenvalue weighted by atomic mass is 16.5. The monoisotopic (exact) mass is 255 g/mol. The van der Waals surface area contributed by atoms with Crippen molar-refractivity contribution in [2.75, 3.05) is 6.61 Å². The first kappa shape index (κ1) is 18.0. The molecule has 18 heavy (non-hydrogen) atoms. The number of hydrogen-bond acceptors (Lipinski definition) is 1. The van der Waals surface area contributed by atoms with Gasteiger partial charge in [-0.2, -0.15) is 0 Å². The fraction of sp³-hybridized carbons (Fsp3) is 0.941. The number of ether oxygens (including phenoxy) is 1. The Kier molecular flexibility index (Phi) is 12.0. The molecule has 0 amide bonds. The first-order chi connectivity index (χ1) is 8.56. The lowest BCUT2D eigenvalue weighted by Crippen LogP contribution is -2.13. The first-order valence-corrected chi connectivity index (χ1v) is 7.99. The van der Waals surface area contributed by atoms with Gasteiger partial charge in [0.05, 0.1) is 13.2 Å². The van der Waals surface area contributed by atoms with Gasteiger partial charge in [0.2, 0.25) is 0 Å². The summed E-state index contributed by atoms with van der Waals surface area (Å²) in [5.41, 5.74) is 0.287.